The van der Waals surface area contributed by atoms with Crippen LogP contribution < -0.4 is 15.0 Å². The molecule has 0 atom stereocenters. The number of nitrogens with one attached hydrogen (secondary N) is 1. The van der Waals surface area contributed by atoms with Crippen molar-refractivity contribution >= 4 is 21.3 Å². The van der Waals surface area contributed by atoms with E-state index in [0.29, 0.717) is 5.82 Å². The second-order valence-electron chi connectivity index (χ2n) is 6.20. The van der Waals surface area contributed by atoms with Crippen molar-refractivity contribution in [1.82, 2.24) is 4.98 Å². The Labute approximate surface area is 148 Å². The molecule has 3 rings (SSSR count). The molecule has 0 saturated carbocycles. The number of pyridine rings is 1. The highest BCUT2D eigenvalue weighted by molar-refractivity contribution is 7.90. The van der Waals surface area contributed by atoms with Crippen LogP contribution in [0.3, 0.4) is 0 Å². The van der Waals surface area contributed by atoms with Gasteiger partial charge in [-0.2, -0.15) is 0 Å². The first-order valence-electron chi connectivity index (χ1n) is 8.28. The Kier molecular flexibility index (Phi) is 5.13. The number of nitrogens with zero attached hydrogens (tertiary/aromatic N) is 2. The fourth-order valence-electron chi connectivity index (χ4n) is 3.15. The van der Waals surface area contributed by atoms with Gasteiger partial charge >= 0.3 is 0 Å². The predicted octanol–water partition coefficient (Wildman–Crippen LogP) is 2.57. The zero-order valence-corrected chi connectivity index (χ0v) is 15.3. The van der Waals surface area contributed by atoms with Crippen molar-refractivity contribution in [3.05, 3.63) is 42.6 Å². The van der Waals surface area contributed by atoms with Crippen LogP contribution in [0.25, 0.3) is 0 Å². The molecule has 1 aliphatic heterocycles. The maximum Gasteiger partial charge on any atom is 0.179 e. The van der Waals surface area contributed by atoms with Crippen molar-refractivity contribution in [2.24, 2.45) is 0 Å². The van der Waals surface area contributed by atoms with Gasteiger partial charge < -0.3 is 15.0 Å². The molecule has 134 valence electrons. The topological polar surface area (TPSA) is 71.5 Å². The Balaban J connectivity index is 1.68. The van der Waals surface area contributed by atoms with Crippen molar-refractivity contribution in [2.75, 3.05) is 36.7 Å². The van der Waals surface area contributed by atoms with Crippen LogP contribution in [0.4, 0.5) is 11.5 Å². The molecule has 7 heteroatoms. The van der Waals surface area contributed by atoms with E-state index in [1.165, 1.54) is 6.26 Å². The molecular weight excluding hydrogens is 338 g/mol. The summed E-state index contributed by atoms with van der Waals surface area (Å²) in [4.78, 5) is 6.77. The van der Waals surface area contributed by atoms with Crippen molar-refractivity contribution in [2.45, 2.75) is 23.8 Å². The van der Waals surface area contributed by atoms with E-state index in [2.05, 4.69) is 21.3 Å². The molecule has 0 amide bonds. The first-order chi connectivity index (χ1) is 12.0. The molecule has 6 nitrogen and oxygen atoms in total. The van der Waals surface area contributed by atoms with Crippen molar-refractivity contribution in [3.63, 3.8) is 0 Å². The molecule has 1 N–H and O–H groups in total. The van der Waals surface area contributed by atoms with Crippen LogP contribution in [0.2, 0.25) is 0 Å². The molecule has 25 heavy (non-hydrogen) atoms. The van der Waals surface area contributed by atoms with Crippen molar-refractivity contribution in [1.29, 1.82) is 0 Å². The number of hydrogen-bond donors (Lipinski definition) is 1. The van der Waals surface area contributed by atoms with Gasteiger partial charge in [0.1, 0.15) is 16.5 Å². The molecule has 0 bridgehead atoms. The lowest BCUT2D eigenvalue weighted by Crippen LogP contribution is -2.39. The van der Waals surface area contributed by atoms with Gasteiger partial charge in [0.05, 0.1) is 12.8 Å². The first-order valence-corrected chi connectivity index (χ1v) is 10.2. The zero-order chi connectivity index (χ0) is 17.9. The van der Waals surface area contributed by atoms with Gasteiger partial charge in [-0.05, 0) is 37.1 Å². The van der Waals surface area contributed by atoms with E-state index >= 15 is 0 Å². The number of rotatable bonds is 5. The molecule has 2 heterocycles. The molecule has 1 aromatic carbocycles. The quantitative estimate of drug-likeness (QED) is 0.883. The molecule has 0 unspecified atom stereocenters. The maximum atomic E-state index is 11.9. The van der Waals surface area contributed by atoms with E-state index in [-0.39, 0.29) is 10.9 Å². The van der Waals surface area contributed by atoms with Crippen molar-refractivity contribution in [3.8, 4) is 5.75 Å². The average Bonchev–Trinajstić information content (AvgIpc) is 2.62. The van der Waals surface area contributed by atoms with E-state index < -0.39 is 9.84 Å². The van der Waals surface area contributed by atoms with Gasteiger partial charge in [0.25, 0.3) is 0 Å². The molecule has 1 aliphatic rings. The third kappa shape index (κ3) is 4.04. The number of ether oxygens (including phenoxy) is 1. The van der Waals surface area contributed by atoms with Crippen LogP contribution in [-0.4, -0.2) is 45.9 Å². The minimum Gasteiger partial charge on any atom is -0.495 e. The number of hydrogen-bond acceptors (Lipinski definition) is 6. The minimum atomic E-state index is -3.30. The fourth-order valence-corrected chi connectivity index (χ4v) is 3.94. The monoisotopic (exact) mass is 361 g/mol. The summed E-state index contributed by atoms with van der Waals surface area (Å²) in [6.45, 7) is 1.75. The Morgan fingerprint density at radius 1 is 1.16 bits per heavy atom. The summed E-state index contributed by atoms with van der Waals surface area (Å²) < 4.78 is 29.2. The maximum absolute atomic E-state index is 11.9. The summed E-state index contributed by atoms with van der Waals surface area (Å²) in [7, 11) is -1.62. The minimum absolute atomic E-state index is 0.196. The summed E-state index contributed by atoms with van der Waals surface area (Å²) in [6, 6.07) is 11.4. The number of anilines is 2. The van der Waals surface area contributed by atoms with E-state index in [4.69, 9.17) is 4.74 Å². The molecule has 1 fully saturated rings. The van der Waals surface area contributed by atoms with Gasteiger partial charge in [-0.25, -0.2) is 13.4 Å². The second-order valence-corrected chi connectivity index (χ2v) is 8.18. The van der Waals surface area contributed by atoms with Crippen LogP contribution in [0.15, 0.2) is 47.5 Å². The van der Waals surface area contributed by atoms with Gasteiger partial charge in [-0.1, -0.05) is 12.1 Å². The van der Waals surface area contributed by atoms with Gasteiger partial charge in [0.15, 0.2) is 9.84 Å². The van der Waals surface area contributed by atoms with Gasteiger partial charge in [0.2, 0.25) is 0 Å². The molecule has 1 saturated heterocycles. The fraction of sp³-hybridized carbons (Fsp3) is 0.389. The van der Waals surface area contributed by atoms with Crippen LogP contribution in [0.1, 0.15) is 12.8 Å². The Hall–Kier alpha value is -2.28. The lowest BCUT2D eigenvalue weighted by molar-refractivity contribution is 0.411. The highest BCUT2D eigenvalue weighted by Crippen LogP contribution is 2.30. The average molecular weight is 361 g/mol. The van der Waals surface area contributed by atoms with E-state index in [1.54, 1.807) is 25.4 Å². The van der Waals surface area contributed by atoms with E-state index in [0.717, 1.165) is 37.4 Å². The smallest absolute Gasteiger partial charge is 0.179 e. The van der Waals surface area contributed by atoms with E-state index in [1.807, 2.05) is 18.2 Å². The van der Waals surface area contributed by atoms with Crippen LogP contribution >= 0.6 is 0 Å². The number of aromatic nitrogens is 1. The SMILES string of the molecule is COc1ccccc1N1CCC(Nc2ncccc2S(C)(=O)=O)CC1. The number of piperidine rings is 1. The third-order valence-electron chi connectivity index (χ3n) is 4.43. The summed E-state index contributed by atoms with van der Waals surface area (Å²) >= 11 is 0. The number of benzene rings is 1. The Morgan fingerprint density at radius 2 is 1.88 bits per heavy atom. The lowest BCUT2D eigenvalue weighted by atomic mass is 10.0. The standard InChI is InChI=1S/C18H23N3O3S/c1-24-16-7-4-3-6-15(16)21-12-9-14(10-13-21)20-18-17(25(2,22)23)8-5-11-19-18/h3-8,11,14H,9-10,12-13H2,1-2H3,(H,19,20). The van der Waals surface area contributed by atoms with Crippen LogP contribution in [-0.2, 0) is 9.84 Å². The largest absolute Gasteiger partial charge is 0.495 e. The highest BCUT2D eigenvalue weighted by Gasteiger charge is 2.23. The van der Waals surface area contributed by atoms with Crippen LogP contribution in [0.5, 0.6) is 5.75 Å². The normalized spacial score (nSPS) is 15.8. The molecule has 0 aliphatic carbocycles. The summed E-state index contributed by atoms with van der Waals surface area (Å²) in [6.07, 6.45) is 4.62. The lowest BCUT2D eigenvalue weighted by Gasteiger charge is -2.35. The molecule has 1 aromatic heterocycles. The van der Waals surface area contributed by atoms with E-state index in [9.17, 15) is 8.42 Å². The third-order valence-corrected chi connectivity index (χ3v) is 5.56. The Morgan fingerprint density at radius 3 is 2.56 bits per heavy atom. The summed E-state index contributed by atoms with van der Waals surface area (Å²) in [5.74, 6) is 1.32. The second kappa shape index (κ2) is 7.31. The number of methoxy groups -OCH3 is 1. The molecular formula is C18H23N3O3S. The van der Waals surface area contributed by atoms with Crippen LogP contribution in [0, 0.1) is 0 Å². The number of sulfone groups is 1. The predicted molar refractivity (Wildman–Crippen MR) is 99.2 cm³/mol. The van der Waals surface area contributed by atoms with Gasteiger partial charge in [-0.3, -0.25) is 0 Å². The highest BCUT2D eigenvalue weighted by atomic mass is 32.2. The summed E-state index contributed by atoms with van der Waals surface area (Å²) in [5.41, 5.74) is 1.10. The Bertz CT molecular complexity index is 831. The molecule has 0 spiro atoms. The number of para-hydroxylation sites is 2. The van der Waals surface area contributed by atoms with Crippen molar-refractivity contribution < 1.29 is 13.2 Å². The molecule has 0 radical (unpaired) electrons. The van der Waals surface area contributed by atoms with Gasteiger partial charge in [0, 0.05) is 31.6 Å². The summed E-state index contributed by atoms with van der Waals surface area (Å²) in [5, 5.41) is 3.31. The first kappa shape index (κ1) is 17.5. The van der Waals surface area contributed by atoms with Gasteiger partial charge in [-0.15, -0.1) is 0 Å². The zero-order valence-electron chi connectivity index (χ0n) is 14.5. The molecule has 2 aromatic rings.